The molecule has 0 unspecified atom stereocenters. The zero-order valence-corrected chi connectivity index (χ0v) is 20.0. The van der Waals surface area contributed by atoms with E-state index in [0.29, 0.717) is 31.5 Å². The molecule has 1 fully saturated rings. The second kappa shape index (κ2) is 9.51. The van der Waals surface area contributed by atoms with Gasteiger partial charge in [-0.2, -0.15) is 0 Å². The number of benzene rings is 2. The van der Waals surface area contributed by atoms with Gasteiger partial charge in [0, 0.05) is 11.6 Å². The topological polar surface area (TPSA) is 73.6 Å². The fourth-order valence-corrected chi connectivity index (χ4v) is 4.34. The van der Waals surface area contributed by atoms with Crippen molar-refractivity contribution in [3.05, 3.63) is 81.9 Å². The van der Waals surface area contributed by atoms with Gasteiger partial charge >= 0.3 is 29.6 Å². The maximum atomic E-state index is 12.9. The minimum atomic E-state index is -1.32. The van der Waals surface area contributed by atoms with Crippen molar-refractivity contribution >= 4 is 63.5 Å². The molecule has 0 saturated carbocycles. The first-order valence-corrected chi connectivity index (χ1v) is 9.98. The van der Waals surface area contributed by atoms with Gasteiger partial charge in [0.15, 0.2) is 4.32 Å². The third kappa shape index (κ3) is 4.56. The van der Waals surface area contributed by atoms with Crippen LogP contribution in [0.15, 0.2) is 70.0 Å². The predicted molar refractivity (Wildman–Crippen MR) is 116 cm³/mol. The van der Waals surface area contributed by atoms with Crippen molar-refractivity contribution in [2.75, 3.05) is 4.90 Å². The molecule has 5 nitrogen and oxygen atoms in total. The first kappa shape index (κ1) is 22.8. The number of carbonyl (C=O) groups excluding carboxylic acids is 2. The van der Waals surface area contributed by atoms with Gasteiger partial charge in [0.1, 0.15) is 11.5 Å². The summed E-state index contributed by atoms with van der Waals surface area (Å²) in [5, 5.41) is 11.7. The molecule has 0 N–H and O–H groups in total. The zero-order valence-electron chi connectivity index (χ0n) is 15.6. The Morgan fingerprint density at radius 1 is 1.13 bits per heavy atom. The number of carboxylic acids is 1. The van der Waals surface area contributed by atoms with E-state index in [0.717, 1.165) is 17.3 Å². The van der Waals surface area contributed by atoms with Gasteiger partial charge in [-0.3, -0.25) is 9.69 Å². The third-order valence-corrected chi connectivity index (χ3v) is 5.80. The number of rotatable bonds is 4. The van der Waals surface area contributed by atoms with E-state index in [1.54, 1.807) is 30.3 Å². The van der Waals surface area contributed by atoms with Crippen molar-refractivity contribution in [1.82, 2.24) is 0 Å². The molecule has 144 valence electrons. The van der Waals surface area contributed by atoms with Gasteiger partial charge in [-0.1, -0.05) is 59.8 Å². The number of carboxylic acid groups (broad SMARTS) is 1. The van der Waals surface area contributed by atoms with Crippen molar-refractivity contribution in [2.45, 2.75) is 0 Å². The number of hydrogen-bond acceptors (Lipinski definition) is 6. The maximum absolute atomic E-state index is 12.9. The van der Waals surface area contributed by atoms with E-state index >= 15 is 0 Å². The standard InChI is InChI=1S/C21H12ClNO4S2.Na/c22-16-7-2-1-6-15(16)17-9-8-14(27-17)11-18-19(24)23(21(28)29-18)13-5-3-4-12(10-13)20(25)26;/h1-11H,(H,25,26);/q;+1/p-1. The van der Waals surface area contributed by atoms with E-state index in [4.69, 9.17) is 28.2 Å². The van der Waals surface area contributed by atoms with Gasteiger partial charge in [0.05, 0.1) is 21.6 Å². The number of nitrogens with zero attached hydrogens (tertiary/aromatic N) is 1. The average molecular weight is 464 g/mol. The SMILES string of the molecule is O=C([O-])c1cccc(N2C(=O)C(=Cc3ccc(-c4ccccc4Cl)o3)SC2=S)c1.[Na+]. The molecule has 0 atom stereocenters. The van der Waals surface area contributed by atoms with E-state index in [-0.39, 0.29) is 41.0 Å². The fourth-order valence-electron chi connectivity index (χ4n) is 2.83. The molecule has 0 radical (unpaired) electrons. The Morgan fingerprint density at radius 3 is 2.63 bits per heavy atom. The van der Waals surface area contributed by atoms with Crippen molar-refractivity contribution in [3.8, 4) is 11.3 Å². The molecule has 30 heavy (non-hydrogen) atoms. The van der Waals surface area contributed by atoms with Gasteiger partial charge < -0.3 is 14.3 Å². The second-order valence-corrected chi connectivity index (χ2v) is 8.12. The number of hydrogen-bond donors (Lipinski definition) is 0. The molecule has 0 spiro atoms. The van der Waals surface area contributed by atoms with Crippen LogP contribution in [0.5, 0.6) is 0 Å². The van der Waals surface area contributed by atoms with Gasteiger partial charge in [-0.25, -0.2) is 0 Å². The largest absolute Gasteiger partial charge is 1.00 e. The van der Waals surface area contributed by atoms with E-state index in [1.165, 1.54) is 23.1 Å². The number of amides is 1. The monoisotopic (exact) mass is 463 g/mol. The Hall–Kier alpha value is -1.87. The summed E-state index contributed by atoms with van der Waals surface area (Å²) >= 11 is 12.6. The Kier molecular flexibility index (Phi) is 7.23. The molecule has 9 heteroatoms. The molecular formula is C21H11ClNNaO4S2. The molecule has 1 aromatic heterocycles. The first-order chi connectivity index (χ1) is 13.9. The van der Waals surface area contributed by atoms with E-state index < -0.39 is 5.97 Å². The molecule has 1 aliphatic rings. The summed E-state index contributed by atoms with van der Waals surface area (Å²) < 4.78 is 6.11. The summed E-state index contributed by atoms with van der Waals surface area (Å²) in [5.41, 5.74) is 1.09. The van der Waals surface area contributed by atoms with Gasteiger partial charge in [0.2, 0.25) is 0 Å². The Balaban J connectivity index is 0.00000256. The summed E-state index contributed by atoms with van der Waals surface area (Å²) in [6, 6.07) is 16.7. The van der Waals surface area contributed by atoms with Crippen LogP contribution in [0, 0.1) is 0 Å². The van der Waals surface area contributed by atoms with Crippen LogP contribution in [-0.4, -0.2) is 16.2 Å². The number of carbonyl (C=O) groups is 2. The molecule has 2 aromatic carbocycles. The molecule has 2 heterocycles. The maximum Gasteiger partial charge on any atom is 1.00 e. The van der Waals surface area contributed by atoms with E-state index in [9.17, 15) is 14.7 Å². The number of thioether (sulfide) groups is 1. The van der Waals surface area contributed by atoms with Gasteiger partial charge in [-0.05, 0) is 42.0 Å². The summed E-state index contributed by atoms with van der Waals surface area (Å²) in [5.74, 6) is -0.621. The Bertz CT molecular complexity index is 1190. The van der Waals surface area contributed by atoms with Gasteiger partial charge in [0.25, 0.3) is 5.91 Å². The van der Waals surface area contributed by atoms with Crippen molar-refractivity contribution in [2.24, 2.45) is 0 Å². The van der Waals surface area contributed by atoms with Crippen LogP contribution in [0.3, 0.4) is 0 Å². The van der Waals surface area contributed by atoms with Crippen LogP contribution in [0.25, 0.3) is 17.4 Å². The average Bonchev–Trinajstić information content (AvgIpc) is 3.27. The van der Waals surface area contributed by atoms with Crippen LogP contribution in [-0.2, 0) is 4.79 Å². The van der Waals surface area contributed by atoms with Crippen LogP contribution >= 0.6 is 35.6 Å². The summed E-state index contributed by atoms with van der Waals surface area (Å²) in [7, 11) is 0. The number of furan rings is 1. The van der Waals surface area contributed by atoms with Crippen molar-refractivity contribution in [1.29, 1.82) is 0 Å². The smallest absolute Gasteiger partial charge is 0.545 e. The Labute approximate surface area is 209 Å². The molecule has 1 amide bonds. The molecule has 1 saturated heterocycles. The van der Waals surface area contributed by atoms with Gasteiger partial charge in [-0.15, -0.1) is 0 Å². The van der Waals surface area contributed by atoms with Crippen molar-refractivity contribution in [3.63, 3.8) is 0 Å². The Morgan fingerprint density at radius 2 is 1.90 bits per heavy atom. The fraction of sp³-hybridized carbons (Fsp3) is 0. The van der Waals surface area contributed by atoms with Crippen LogP contribution in [0.4, 0.5) is 5.69 Å². The molecule has 4 rings (SSSR count). The molecule has 0 aliphatic carbocycles. The zero-order chi connectivity index (χ0) is 20.5. The quantitative estimate of drug-likeness (QED) is 0.330. The van der Waals surface area contributed by atoms with Crippen LogP contribution in [0.1, 0.15) is 16.1 Å². The number of halogens is 1. The molecule has 1 aliphatic heterocycles. The number of aromatic carboxylic acids is 1. The van der Waals surface area contributed by atoms with E-state index in [2.05, 4.69) is 0 Å². The second-order valence-electron chi connectivity index (χ2n) is 6.04. The molecule has 0 bridgehead atoms. The number of anilines is 1. The third-order valence-electron chi connectivity index (χ3n) is 4.17. The summed E-state index contributed by atoms with van der Waals surface area (Å²) in [6.45, 7) is 0. The minimum absolute atomic E-state index is 0. The minimum Gasteiger partial charge on any atom is -0.545 e. The normalized spacial score (nSPS) is 14.8. The van der Waals surface area contributed by atoms with Crippen LogP contribution < -0.4 is 39.6 Å². The van der Waals surface area contributed by atoms with Crippen LogP contribution in [0.2, 0.25) is 5.02 Å². The predicted octanol–water partition coefficient (Wildman–Crippen LogP) is 1.37. The molecular weight excluding hydrogens is 453 g/mol. The number of thiocarbonyl (C=S) groups is 1. The first-order valence-electron chi connectivity index (χ1n) is 8.38. The molecule has 3 aromatic rings. The summed E-state index contributed by atoms with van der Waals surface area (Å²) in [6.07, 6.45) is 1.60. The van der Waals surface area contributed by atoms with E-state index in [1.807, 2.05) is 18.2 Å². The van der Waals surface area contributed by atoms with Crippen molar-refractivity contribution < 1.29 is 48.7 Å². The summed E-state index contributed by atoms with van der Waals surface area (Å²) in [4.78, 5) is 25.6.